The molecule has 0 fully saturated rings. The number of amides is 1. The Balaban J connectivity index is 1.90. The van der Waals surface area contributed by atoms with E-state index in [0.717, 1.165) is 0 Å². The van der Waals surface area contributed by atoms with Crippen LogP contribution in [0.25, 0.3) is 0 Å². The molecule has 0 heterocycles. The van der Waals surface area contributed by atoms with Crippen LogP contribution in [0, 0.1) is 5.82 Å². The lowest BCUT2D eigenvalue weighted by Gasteiger charge is -2.25. The number of hydrogen-bond acceptors (Lipinski definition) is 7. The Morgan fingerprint density at radius 1 is 0.889 bits per heavy atom. The first-order chi connectivity index (χ1) is 17.1. The fourth-order valence-corrected chi connectivity index (χ4v) is 4.32. The highest BCUT2D eigenvalue weighted by Gasteiger charge is 2.22. The van der Waals surface area contributed by atoms with Crippen LogP contribution in [0.1, 0.15) is 15.9 Å². The van der Waals surface area contributed by atoms with Gasteiger partial charge in [-0.1, -0.05) is 18.2 Å². The Morgan fingerprint density at radius 3 is 2.19 bits per heavy atom. The number of benzene rings is 3. The Kier molecular flexibility index (Phi) is 8.89. The van der Waals surface area contributed by atoms with Crippen molar-refractivity contribution in [3.05, 3.63) is 83.7 Å². The second kappa shape index (κ2) is 11.9. The lowest BCUT2D eigenvalue weighted by atomic mass is 10.1. The number of likely N-dealkylation sites (N-methyl/N-ethyl adjacent to an activating group) is 1. The summed E-state index contributed by atoms with van der Waals surface area (Å²) in [4.78, 5) is 16.5. The average molecular weight is 517 g/mol. The Labute approximate surface area is 210 Å². The highest BCUT2D eigenvalue weighted by atomic mass is 32.2. The summed E-state index contributed by atoms with van der Waals surface area (Å²) in [5, 5.41) is 0. The van der Waals surface area contributed by atoms with E-state index in [9.17, 15) is 17.6 Å². The van der Waals surface area contributed by atoms with Crippen LogP contribution in [0.3, 0.4) is 0 Å². The number of halogens is 1. The lowest BCUT2D eigenvalue weighted by Crippen LogP contribution is -2.36. The first kappa shape index (κ1) is 27.0. The van der Waals surface area contributed by atoms with Gasteiger partial charge in [0.2, 0.25) is 0 Å². The van der Waals surface area contributed by atoms with E-state index in [4.69, 9.17) is 13.7 Å². The minimum absolute atomic E-state index is 0.0308. The van der Waals surface area contributed by atoms with Gasteiger partial charge in [-0.2, -0.15) is 8.42 Å². The fourth-order valence-electron chi connectivity index (χ4n) is 3.39. The molecular formula is C26H29FN2O6S. The molecule has 8 nitrogen and oxygen atoms in total. The van der Waals surface area contributed by atoms with Gasteiger partial charge in [-0.25, -0.2) is 4.39 Å². The highest BCUT2D eigenvalue weighted by molar-refractivity contribution is 7.87. The molecule has 0 aliphatic rings. The summed E-state index contributed by atoms with van der Waals surface area (Å²) in [6, 6.07) is 16.3. The van der Waals surface area contributed by atoms with Gasteiger partial charge in [0, 0.05) is 19.6 Å². The SMILES string of the molecule is COc1ccc(S(=O)(=O)Oc2cc(CN(CCN(C)C)C(=O)c3ccccc3F)ccc2OC)cc1. The summed E-state index contributed by atoms with van der Waals surface area (Å²) in [6.45, 7) is 0.974. The molecule has 0 aliphatic carbocycles. The van der Waals surface area contributed by atoms with Gasteiger partial charge in [0.1, 0.15) is 16.5 Å². The van der Waals surface area contributed by atoms with E-state index in [-0.39, 0.29) is 28.5 Å². The normalized spacial score (nSPS) is 11.3. The van der Waals surface area contributed by atoms with Gasteiger partial charge in [0.25, 0.3) is 5.91 Å². The van der Waals surface area contributed by atoms with E-state index < -0.39 is 21.8 Å². The second-order valence-electron chi connectivity index (χ2n) is 8.21. The Hall–Kier alpha value is -3.63. The largest absolute Gasteiger partial charge is 0.497 e. The maximum absolute atomic E-state index is 14.3. The van der Waals surface area contributed by atoms with Gasteiger partial charge >= 0.3 is 10.1 Å². The molecule has 0 saturated heterocycles. The van der Waals surface area contributed by atoms with Crippen LogP contribution in [0.4, 0.5) is 4.39 Å². The molecule has 0 N–H and O–H groups in total. The molecule has 0 aromatic heterocycles. The fraction of sp³-hybridized carbons (Fsp3) is 0.269. The lowest BCUT2D eigenvalue weighted by molar-refractivity contribution is 0.0727. The van der Waals surface area contributed by atoms with Crippen molar-refractivity contribution in [2.45, 2.75) is 11.4 Å². The van der Waals surface area contributed by atoms with Gasteiger partial charge in [-0.3, -0.25) is 4.79 Å². The molecule has 1 amide bonds. The van der Waals surface area contributed by atoms with E-state index in [2.05, 4.69) is 0 Å². The van der Waals surface area contributed by atoms with Gasteiger partial charge in [0.15, 0.2) is 11.5 Å². The van der Waals surface area contributed by atoms with E-state index >= 15 is 0 Å². The number of ether oxygens (including phenoxy) is 2. The average Bonchev–Trinajstić information content (AvgIpc) is 2.86. The van der Waals surface area contributed by atoms with Crippen molar-refractivity contribution >= 4 is 16.0 Å². The molecule has 10 heteroatoms. The molecule has 0 atom stereocenters. The standard InChI is InChI=1S/C26H29FN2O6S/c1-28(2)15-16-29(26(30)22-7-5-6-8-23(22)27)18-19-9-14-24(34-4)25(17-19)35-36(31,32)21-12-10-20(33-3)11-13-21/h5-14,17H,15-16,18H2,1-4H3. The van der Waals surface area contributed by atoms with Crippen molar-refractivity contribution in [1.29, 1.82) is 0 Å². The molecule has 0 saturated carbocycles. The molecule has 192 valence electrons. The first-order valence-corrected chi connectivity index (χ1v) is 12.5. The molecule has 0 spiro atoms. The zero-order chi connectivity index (χ0) is 26.3. The number of hydrogen-bond donors (Lipinski definition) is 0. The molecule has 0 bridgehead atoms. The predicted molar refractivity (Wildman–Crippen MR) is 133 cm³/mol. The van der Waals surface area contributed by atoms with Crippen LogP contribution >= 0.6 is 0 Å². The summed E-state index contributed by atoms with van der Waals surface area (Å²) >= 11 is 0. The molecule has 3 aromatic rings. The number of methoxy groups -OCH3 is 2. The summed E-state index contributed by atoms with van der Waals surface area (Å²) in [7, 11) is 2.44. The number of nitrogens with zero attached hydrogens (tertiary/aromatic N) is 2. The third-order valence-corrected chi connectivity index (χ3v) is 6.61. The van der Waals surface area contributed by atoms with Gasteiger partial charge in [0.05, 0.1) is 19.8 Å². The third kappa shape index (κ3) is 6.73. The first-order valence-electron chi connectivity index (χ1n) is 11.1. The van der Waals surface area contributed by atoms with E-state index in [1.807, 2.05) is 19.0 Å². The topological polar surface area (TPSA) is 85.4 Å². The number of rotatable bonds is 11. The molecule has 0 unspecified atom stereocenters. The van der Waals surface area contributed by atoms with Crippen LogP contribution in [-0.4, -0.2) is 65.5 Å². The Bertz CT molecular complexity index is 1300. The maximum atomic E-state index is 14.3. The maximum Gasteiger partial charge on any atom is 0.339 e. The summed E-state index contributed by atoms with van der Waals surface area (Å²) in [5.74, 6) is -0.403. The molecule has 0 aliphatic heterocycles. The molecule has 3 aromatic carbocycles. The minimum atomic E-state index is -4.17. The zero-order valence-corrected chi connectivity index (χ0v) is 21.4. The van der Waals surface area contributed by atoms with Crippen LogP contribution in [-0.2, 0) is 16.7 Å². The van der Waals surface area contributed by atoms with Crippen molar-refractivity contribution < 1.29 is 31.3 Å². The van der Waals surface area contributed by atoms with Crippen LogP contribution in [0.2, 0.25) is 0 Å². The van der Waals surface area contributed by atoms with E-state index in [1.54, 1.807) is 18.2 Å². The molecule has 36 heavy (non-hydrogen) atoms. The Morgan fingerprint density at radius 2 is 1.58 bits per heavy atom. The zero-order valence-electron chi connectivity index (χ0n) is 20.6. The van der Waals surface area contributed by atoms with Crippen molar-refractivity contribution in [1.82, 2.24) is 9.80 Å². The predicted octanol–water partition coefficient (Wildman–Crippen LogP) is 3.81. The highest BCUT2D eigenvalue weighted by Crippen LogP contribution is 2.32. The molecular weight excluding hydrogens is 487 g/mol. The summed E-state index contributed by atoms with van der Waals surface area (Å²) in [6.07, 6.45) is 0. The summed E-state index contributed by atoms with van der Waals surface area (Å²) in [5.41, 5.74) is 0.544. The monoisotopic (exact) mass is 516 g/mol. The number of carbonyl (C=O) groups excluding carboxylic acids is 1. The summed E-state index contributed by atoms with van der Waals surface area (Å²) < 4.78 is 55.8. The van der Waals surface area contributed by atoms with Gasteiger partial charge < -0.3 is 23.5 Å². The van der Waals surface area contributed by atoms with E-state index in [1.165, 1.54) is 67.7 Å². The quantitative estimate of drug-likeness (QED) is 0.358. The van der Waals surface area contributed by atoms with Gasteiger partial charge in [-0.05, 0) is 68.2 Å². The third-order valence-electron chi connectivity index (χ3n) is 5.36. The second-order valence-corrected chi connectivity index (χ2v) is 9.75. The molecule has 3 rings (SSSR count). The van der Waals surface area contributed by atoms with Crippen molar-refractivity contribution in [2.75, 3.05) is 41.4 Å². The van der Waals surface area contributed by atoms with Crippen LogP contribution < -0.4 is 13.7 Å². The van der Waals surface area contributed by atoms with Crippen molar-refractivity contribution in [2.24, 2.45) is 0 Å². The van der Waals surface area contributed by atoms with E-state index in [0.29, 0.717) is 24.4 Å². The van der Waals surface area contributed by atoms with Crippen LogP contribution in [0.5, 0.6) is 17.2 Å². The van der Waals surface area contributed by atoms with Gasteiger partial charge in [-0.15, -0.1) is 0 Å². The molecule has 0 radical (unpaired) electrons. The van der Waals surface area contributed by atoms with Crippen LogP contribution in [0.15, 0.2) is 71.6 Å². The smallest absolute Gasteiger partial charge is 0.339 e. The number of carbonyl (C=O) groups is 1. The van der Waals surface area contributed by atoms with Crippen molar-refractivity contribution in [3.8, 4) is 17.2 Å². The minimum Gasteiger partial charge on any atom is -0.497 e. The van der Waals surface area contributed by atoms with Crippen molar-refractivity contribution in [3.63, 3.8) is 0 Å².